The minimum Gasteiger partial charge on any atom is -0.476 e. The van der Waals surface area contributed by atoms with Crippen molar-refractivity contribution in [2.75, 3.05) is 26.2 Å². The fraction of sp³-hybridized carbons (Fsp3) is 0.333. The summed E-state index contributed by atoms with van der Waals surface area (Å²) in [6, 6.07) is 4.67. The fourth-order valence-corrected chi connectivity index (χ4v) is 3.04. The first-order chi connectivity index (χ1) is 14.3. The van der Waals surface area contributed by atoms with E-state index in [9.17, 15) is 14.0 Å². The van der Waals surface area contributed by atoms with E-state index in [0.29, 0.717) is 43.1 Å². The zero-order valence-corrected chi connectivity index (χ0v) is 17.9. The molecule has 160 valence electrons. The Morgan fingerprint density at radius 1 is 1.17 bits per heavy atom. The van der Waals surface area contributed by atoms with E-state index in [-0.39, 0.29) is 11.8 Å². The monoisotopic (exact) mass is 412 g/mol. The molecule has 0 saturated carbocycles. The van der Waals surface area contributed by atoms with Crippen molar-refractivity contribution in [3.05, 3.63) is 83.9 Å². The van der Waals surface area contributed by atoms with E-state index in [1.54, 1.807) is 54.0 Å². The lowest BCUT2D eigenvalue weighted by Crippen LogP contribution is -2.51. The Morgan fingerprint density at radius 3 is 2.33 bits per heavy atom. The number of piperazine rings is 1. The molecule has 1 unspecified atom stereocenters. The smallest absolute Gasteiger partial charge is 0.268 e. The van der Waals surface area contributed by atoms with Crippen LogP contribution in [-0.4, -0.2) is 47.8 Å². The number of hydrogen-bond donors (Lipinski definition) is 0. The highest BCUT2D eigenvalue weighted by Gasteiger charge is 2.31. The molecule has 0 bridgehead atoms. The average molecular weight is 413 g/mol. The van der Waals surface area contributed by atoms with Gasteiger partial charge in [0.15, 0.2) is 0 Å². The van der Waals surface area contributed by atoms with E-state index >= 15 is 0 Å². The quantitative estimate of drug-likeness (QED) is 0.385. The van der Waals surface area contributed by atoms with Gasteiger partial charge in [-0.05, 0) is 50.6 Å². The third-order valence-corrected chi connectivity index (χ3v) is 4.87. The van der Waals surface area contributed by atoms with E-state index in [4.69, 9.17) is 4.74 Å². The van der Waals surface area contributed by atoms with Crippen LogP contribution < -0.4 is 0 Å². The number of nitrogens with zero attached hydrogens (tertiary/aromatic N) is 2. The number of ether oxygens (including phenoxy) is 1. The Morgan fingerprint density at radius 2 is 1.80 bits per heavy atom. The molecule has 1 aliphatic heterocycles. The van der Waals surface area contributed by atoms with Gasteiger partial charge in [0.1, 0.15) is 11.6 Å². The summed E-state index contributed by atoms with van der Waals surface area (Å²) in [5.74, 6) is -0.337. The van der Waals surface area contributed by atoms with Crippen molar-refractivity contribution in [2.24, 2.45) is 0 Å². The summed E-state index contributed by atoms with van der Waals surface area (Å²) in [7, 11) is 0. The van der Waals surface area contributed by atoms with Crippen LogP contribution in [0.5, 0.6) is 0 Å². The van der Waals surface area contributed by atoms with Crippen molar-refractivity contribution < 1.29 is 18.7 Å². The maximum atomic E-state index is 14.2. The van der Waals surface area contributed by atoms with Gasteiger partial charge in [0.2, 0.25) is 12.0 Å². The Hall–Kier alpha value is -3.15. The van der Waals surface area contributed by atoms with Gasteiger partial charge in [-0.1, -0.05) is 36.9 Å². The molecule has 0 aromatic heterocycles. The van der Waals surface area contributed by atoms with Crippen molar-refractivity contribution in [1.82, 2.24) is 9.80 Å². The molecule has 6 heteroatoms. The van der Waals surface area contributed by atoms with Crippen molar-refractivity contribution in [1.29, 1.82) is 0 Å². The molecule has 1 aliphatic rings. The molecular formula is C24H29FN2O3. The second-order valence-electron chi connectivity index (χ2n) is 7.23. The first kappa shape index (κ1) is 23.1. The second kappa shape index (κ2) is 10.6. The summed E-state index contributed by atoms with van der Waals surface area (Å²) in [4.78, 5) is 28.4. The highest BCUT2D eigenvalue weighted by molar-refractivity contribution is 5.87. The molecule has 1 atom stereocenters. The number of aryl methyl sites for hydroxylation is 1. The number of carbonyl (C=O) groups is 2. The van der Waals surface area contributed by atoms with Crippen LogP contribution in [-0.2, 0) is 14.3 Å². The van der Waals surface area contributed by atoms with Gasteiger partial charge >= 0.3 is 0 Å². The number of hydrogen-bond acceptors (Lipinski definition) is 3. The number of carbonyl (C=O) groups excluding carboxylic acids is 2. The third kappa shape index (κ3) is 5.92. The molecule has 2 amide bonds. The van der Waals surface area contributed by atoms with E-state index < -0.39 is 11.9 Å². The number of halogens is 1. The van der Waals surface area contributed by atoms with Crippen LogP contribution in [0.4, 0.5) is 4.39 Å². The molecule has 0 spiro atoms. The Kier molecular flexibility index (Phi) is 8.16. The fourth-order valence-electron chi connectivity index (χ4n) is 3.04. The summed E-state index contributed by atoms with van der Waals surface area (Å²) in [5, 5.41) is 0. The Labute approximate surface area is 177 Å². The van der Waals surface area contributed by atoms with E-state index in [1.807, 2.05) is 6.92 Å². The number of amides is 2. The van der Waals surface area contributed by atoms with Crippen molar-refractivity contribution in [3.63, 3.8) is 0 Å². The first-order valence-corrected chi connectivity index (χ1v) is 9.89. The molecule has 0 N–H and O–H groups in total. The summed E-state index contributed by atoms with van der Waals surface area (Å²) in [6.45, 7) is 14.2. The minimum atomic E-state index is -0.997. The van der Waals surface area contributed by atoms with Gasteiger partial charge in [0.05, 0.1) is 0 Å². The maximum Gasteiger partial charge on any atom is 0.268 e. The second-order valence-corrected chi connectivity index (χ2v) is 7.23. The summed E-state index contributed by atoms with van der Waals surface area (Å²) < 4.78 is 20.2. The predicted octanol–water partition coefficient (Wildman–Crippen LogP) is 4.08. The minimum absolute atomic E-state index is 0.156. The third-order valence-electron chi connectivity index (χ3n) is 4.87. The van der Waals surface area contributed by atoms with Gasteiger partial charge in [0, 0.05) is 31.7 Å². The van der Waals surface area contributed by atoms with E-state index in [0.717, 1.165) is 5.57 Å². The van der Waals surface area contributed by atoms with E-state index in [2.05, 4.69) is 13.2 Å². The molecular weight excluding hydrogens is 383 g/mol. The maximum absolute atomic E-state index is 14.2. The largest absolute Gasteiger partial charge is 0.476 e. The molecule has 0 aliphatic carbocycles. The Balaban J connectivity index is 2.27. The SMILES string of the molecule is C=CC(=O)N1CCN(C(=O)C(OC(/C=C\C(=C)C)=C/C)c2ccc(C)c(F)c2)CC1. The van der Waals surface area contributed by atoms with Crippen LogP contribution in [0.2, 0.25) is 0 Å². The molecule has 0 radical (unpaired) electrons. The highest BCUT2D eigenvalue weighted by atomic mass is 19.1. The molecule has 1 heterocycles. The van der Waals surface area contributed by atoms with E-state index in [1.165, 1.54) is 12.1 Å². The number of rotatable bonds is 7. The standard InChI is InChI=1S/C24H29FN2O3/c1-6-20(11-8-17(3)4)30-23(19-10-9-18(5)21(25)16-19)24(29)27-14-12-26(13-15-27)22(28)7-2/h6-11,16,23H,2-3,12-15H2,1,4-5H3/b11-8-,20-6+. The number of benzene rings is 1. The van der Waals surface area contributed by atoms with Gasteiger partial charge in [-0.25, -0.2) is 4.39 Å². The zero-order valence-electron chi connectivity index (χ0n) is 17.9. The van der Waals surface area contributed by atoms with Crippen molar-refractivity contribution in [2.45, 2.75) is 26.9 Å². The molecule has 1 aromatic rings. The molecule has 2 rings (SSSR count). The first-order valence-electron chi connectivity index (χ1n) is 9.89. The molecule has 5 nitrogen and oxygen atoms in total. The molecule has 30 heavy (non-hydrogen) atoms. The normalized spacial score (nSPS) is 15.8. The number of allylic oxidation sites excluding steroid dienone is 4. The predicted molar refractivity (Wildman–Crippen MR) is 116 cm³/mol. The van der Waals surface area contributed by atoms with Gasteiger partial charge in [-0.2, -0.15) is 0 Å². The summed E-state index contributed by atoms with van der Waals surface area (Å²) in [5.41, 5.74) is 1.77. The zero-order chi connectivity index (χ0) is 22.3. The van der Waals surface area contributed by atoms with Crippen LogP contribution in [0.3, 0.4) is 0 Å². The molecule has 1 saturated heterocycles. The lowest BCUT2D eigenvalue weighted by molar-refractivity contribution is -0.145. The van der Waals surface area contributed by atoms with Crippen LogP contribution in [0.25, 0.3) is 0 Å². The molecule has 1 aromatic carbocycles. The summed E-state index contributed by atoms with van der Waals surface area (Å²) in [6.07, 6.45) is 5.53. The highest BCUT2D eigenvalue weighted by Crippen LogP contribution is 2.26. The van der Waals surface area contributed by atoms with Crippen LogP contribution in [0.1, 0.15) is 31.1 Å². The average Bonchev–Trinajstić information content (AvgIpc) is 2.75. The van der Waals surface area contributed by atoms with Gasteiger partial charge < -0.3 is 14.5 Å². The summed E-state index contributed by atoms with van der Waals surface area (Å²) >= 11 is 0. The van der Waals surface area contributed by atoms with Crippen LogP contribution in [0.15, 0.2) is 67.0 Å². The van der Waals surface area contributed by atoms with Gasteiger partial charge in [-0.15, -0.1) is 0 Å². The lowest BCUT2D eigenvalue weighted by Gasteiger charge is -2.36. The van der Waals surface area contributed by atoms with Crippen LogP contribution in [0, 0.1) is 12.7 Å². The Bertz CT molecular complexity index is 880. The van der Waals surface area contributed by atoms with Crippen molar-refractivity contribution >= 4 is 11.8 Å². The van der Waals surface area contributed by atoms with Crippen molar-refractivity contribution in [3.8, 4) is 0 Å². The topological polar surface area (TPSA) is 49.9 Å². The van der Waals surface area contributed by atoms with Gasteiger partial charge in [-0.3, -0.25) is 9.59 Å². The van der Waals surface area contributed by atoms with Gasteiger partial charge in [0.25, 0.3) is 5.91 Å². The lowest BCUT2D eigenvalue weighted by atomic mass is 10.0. The molecule has 1 fully saturated rings. The van der Waals surface area contributed by atoms with Crippen LogP contribution >= 0.6 is 0 Å².